The molecule has 0 radical (unpaired) electrons. The standard InChI is InChI=1S/C27H40O2/c1-9-11-18-14-22(26(3,4)5)16-20(24(18)28)13-21-17-23(27(6,7)8)15-19(12-10-2)25(21)29/h14-17,28-29H,9-13H2,1-8H3. The van der Waals surface area contributed by atoms with Gasteiger partial charge in [-0.05, 0) is 57.1 Å². The Bertz CT molecular complexity index is 777. The summed E-state index contributed by atoms with van der Waals surface area (Å²) in [5, 5.41) is 22.0. The lowest BCUT2D eigenvalue weighted by Gasteiger charge is -2.24. The molecule has 2 aromatic rings. The van der Waals surface area contributed by atoms with Gasteiger partial charge in [-0.1, -0.05) is 92.5 Å². The van der Waals surface area contributed by atoms with Crippen LogP contribution in [0.5, 0.6) is 11.5 Å². The number of hydrogen-bond acceptors (Lipinski definition) is 2. The largest absolute Gasteiger partial charge is 0.507 e. The molecule has 0 saturated heterocycles. The van der Waals surface area contributed by atoms with Crippen molar-refractivity contribution in [1.29, 1.82) is 0 Å². The smallest absolute Gasteiger partial charge is 0.122 e. The normalized spacial score (nSPS) is 12.4. The number of phenolic OH excluding ortho intramolecular Hbond substituents is 2. The molecule has 0 heterocycles. The van der Waals surface area contributed by atoms with Gasteiger partial charge in [-0.25, -0.2) is 0 Å². The molecule has 0 bridgehead atoms. The van der Waals surface area contributed by atoms with Crippen molar-refractivity contribution in [2.24, 2.45) is 0 Å². The lowest BCUT2D eigenvalue weighted by Crippen LogP contribution is -2.14. The van der Waals surface area contributed by atoms with Crippen LogP contribution in [-0.4, -0.2) is 10.2 Å². The van der Waals surface area contributed by atoms with Gasteiger partial charge in [0, 0.05) is 6.42 Å². The first-order chi connectivity index (χ1) is 13.4. The van der Waals surface area contributed by atoms with Crippen LogP contribution in [0.2, 0.25) is 0 Å². The van der Waals surface area contributed by atoms with Crippen molar-refractivity contribution in [3.8, 4) is 11.5 Å². The van der Waals surface area contributed by atoms with Crippen molar-refractivity contribution < 1.29 is 10.2 Å². The second kappa shape index (κ2) is 8.81. The minimum Gasteiger partial charge on any atom is -0.507 e. The summed E-state index contributed by atoms with van der Waals surface area (Å²) in [5.74, 6) is 0.773. The van der Waals surface area contributed by atoms with Gasteiger partial charge < -0.3 is 10.2 Å². The van der Waals surface area contributed by atoms with Crippen molar-refractivity contribution >= 4 is 0 Å². The van der Waals surface area contributed by atoms with Crippen molar-refractivity contribution in [2.75, 3.05) is 0 Å². The summed E-state index contributed by atoms with van der Waals surface area (Å²) in [6.07, 6.45) is 4.24. The molecule has 0 aliphatic carbocycles. The van der Waals surface area contributed by atoms with E-state index in [9.17, 15) is 10.2 Å². The van der Waals surface area contributed by atoms with Crippen LogP contribution in [0.25, 0.3) is 0 Å². The molecular weight excluding hydrogens is 356 g/mol. The third-order valence-electron chi connectivity index (χ3n) is 5.69. The minimum atomic E-state index is 0.00755. The van der Waals surface area contributed by atoms with E-state index in [1.807, 2.05) is 0 Å². The quantitative estimate of drug-likeness (QED) is 0.542. The molecule has 2 heteroatoms. The second-order valence-corrected chi connectivity index (χ2v) is 10.5. The third-order valence-corrected chi connectivity index (χ3v) is 5.69. The van der Waals surface area contributed by atoms with E-state index in [0.29, 0.717) is 17.9 Å². The SMILES string of the molecule is CCCc1cc(C(C)(C)C)cc(Cc2cc(C(C)(C)C)cc(CCC)c2O)c1O. The number of phenols is 2. The highest BCUT2D eigenvalue weighted by atomic mass is 16.3. The van der Waals surface area contributed by atoms with E-state index in [2.05, 4.69) is 79.7 Å². The number of benzene rings is 2. The Morgan fingerprint density at radius 1 is 0.586 bits per heavy atom. The summed E-state index contributed by atoms with van der Waals surface area (Å²) in [4.78, 5) is 0. The summed E-state index contributed by atoms with van der Waals surface area (Å²) < 4.78 is 0. The fourth-order valence-electron chi connectivity index (χ4n) is 3.78. The van der Waals surface area contributed by atoms with Gasteiger partial charge in [0.2, 0.25) is 0 Å². The lowest BCUT2D eigenvalue weighted by molar-refractivity contribution is 0.453. The molecule has 2 nitrogen and oxygen atoms in total. The molecule has 29 heavy (non-hydrogen) atoms. The van der Waals surface area contributed by atoms with Gasteiger partial charge in [-0.2, -0.15) is 0 Å². The van der Waals surface area contributed by atoms with Crippen molar-refractivity contribution in [3.63, 3.8) is 0 Å². The molecule has 2 N–H and O–H groups in total. The first-order valence-corrected chi connectivity index (χ1v) is 11.1. The van der Waals surface area contributed by atoms with E-state index in [1.165, 1.54) is 11.1 Å². The van der Waals surface area contributed by atoms with Crippen molar-refractivity contribution in [2.45, 2.75) is 98.3 Å². The monoisotopic (exact) mass is 396 g/mol. The fraction of sp³-hybridized carbons (Fsp3) is 0.556. The zero-order valence-corrected chi connectivity index (χ0v) is 19.7. The molecule has 0 spiro atoms. The average Bonchev–Trinajstić information content (AvgIpc) is 2.59. The fourth-order valence-corrected chi connectivity index (χ4v) is 3.78. The topological polar surface area (TPSA) is 40.5 Å². The summed E-state index contributed by atoms with van der Waals surface area (Å²) >= 11 is 0. The highest BCUT2D eigenvalue weighted by Gasteiger charge is 2.22. The molecule has 0 amide bonds. The highest BCUT2D eigenvalue weighted by Crippen LogP contribution is 2.37. The van der Waals surface area contributed by atoms with E-state index in [-0.39, 0.29) is 10.8 Å². The van der Waals surface area contributed by atoms with Gasteiger partial charge in [0.1, 0.15) is 11.5 Å². The molecular formula is C27H40O2. The molecule has 2 rings (SSSR count). The Kier molecular flexibility index (Phi) is 7.09. The molecule has 160 valence electrons. The van der Waals surface area contributed by atoms with Crippen LogP contribution in [0.1, 0.15) is 102 Å². The minimum absolute atomic E-state index is 0.00755. The Morgan fingerprint density at radius 2 is 0.897 bits per heavy atom. The Morgan fingerprint density at radius 3 is 1.17 bits per heavy atom. The summed E-state index contributed by atoms with van der Waals surface area (Å²) in [6.45, 7) is 17.5. The van der Waals surface area contributed by atoms with E-state index in [4.69, 9.17) is 0 Å². The number of aromatic hydroxyl groups is 2. The maximum atomic E-state index is 11.0. The maximum Gasteiger partial charge on any atom is 0.122 e. The van der Waals surface area contributed by atoms with E-state index in [0.717, 1.165) is 47.9 Å². The first kappa shape index (κ1) is 23.3. The molecule has 0 atom stereocenters. The van der Waals surface area contributed by atoms with Crippen LogP contribution in [0.4, 0.5) is 0 Å². The van der Waals surface area contributed by atoms with Gasteiger partial charge in [0.05, 0.1) is 0 Å². The van der Waals surface area contributed by atoms with Crippen LogP contribution in [-0.2, 0) is 30.1 Å². The first-order valence-electron chi connectivity index (χ1n) is 11.1. The molecule has 0 unspecified atom stereocenters. The van der Waals surface area contributed by atoms with Gasteiger partial charge in [0.15, 0.2) is 0 Å². The molecule has 0 aliphatic heterocycles. The van der Waals surface area contributed by atoms with Crippen LogP contribution in [0, 0.1) is 0 Å². The van der Waals surface area contributed by atoms with Gasteiger partial charge in [0.25, 0.3) is 0 Å². The summed E-state index contributed by atoms with van der Waals surface area (Å²) in [5.41, 5.74) is 6.31. The van der Waals surface area contributed by atoms with Crippen LogP contribution in [0.15, 0.2) is 24.3 Å². The van der Waals surface area contributed by atoms with Crippen LogP contribution in [0.3, 0.4) is 0 Å². The second-order valence-electron chi connectivity index (χ2n) is 10.5. The third kappa shape index (κ3) is 5.56. The van der Waals surface area contributed by atoms with Crippen molar-refractivity contribution in [1.82, 2.24) is 0 Å². The summed E-state index contributed by atoms with van der Waals surface area (Å²) in [7, 11) is 0. The van der Waals surface area contributed by atoms with Gasteiger partial charge >= 0.3 is 0 Å². The Hall–Kier alpha value is -1.96. The maximum absolute atomic E-state index is 11.0. The molecule has 0 saturated carbocycles. The Balaban J connectivity index is 2.63. The average molecular weight is 397 g/mol. The molecule has 0 aliphatic rings. The molecule has 0 fully saturated rings. The zero-order chi connectivity index (χ0) is 22.0. The predicted octanol–water partition coefficient (Wildman–Crippen LogP) is 7.19. The molecule has 0 aromatic heterocycles. The van der Waals surface area contributed by atoms with Gasteiger partial charge in [-0.15, -0.1) is 0 Å². The van der Waals surface area contributed by atoms with Crippen LogP contribution >= 0.6 is 0 Å². The summed E-state index contributed by atoms with van der Waals surface area (Å²) in [6, 6.07) is 8.54. The highest BCUT2D eigenvalue weighted by molar-refractivity contribution is 5.52. The lowest BCUT2D eigenvalue weighted by atomic mass is 9.81. The number of rotatable bonds is 6. The zero-order valence-electron chi connectivity index (χ0n) is 19.7. The van der Waals surface area contributed by atoms with Gasteiger partial charge in [-0.3, -0.25) is 0 Å². The van der Waals surface area contributed by atoms with Crippen molar-refractivity contribution in [3.05, 3.63) is 57.6 Å². The van der Waals surface area contributed by atoms with Crippen LogP contribution < -0.4 is 0 Å². The number of aryl methyl sites for hydroxylation is 2. The number of hydrogen-bond donors (Lipinski definition) is 2. The van der Waals surface area contributed by atoms with E-state index >= 15 is 0 Å². The van der Waals surface area contributed by atoms with E-state index in [1.54, 1.807) is 0 Å². The Labute approximate surface area is 178 Å². The predicted molar refractivity (Wildman–Crippen MR) is 124 cm³/mol. The van der Waals surface area contributed by atoms with E-state index < -0.39 is 0 Å². The molecule has 2 aromatic carbocycles.